The van der Waals surface area contributed by atoms with Crippen LogP contribution in [0.4, 0.5) is 0 Å². The summed E-state index contributed by atoms with van der Waals surface area (Å²) in [5, 5.41) is 0. The summed E-state index contributed by atoms with van der Waals surface area (Å²) in [6.07, 6.45) is 26.1. The Kier molecular flexibility index (Phi) is 16.6. The lowest BCUT2D eigenvalue weighted by atomic mass is 9.97. The maximum atomic E-state index is 12.4. The zero-order valence-electron chi connectivity index (χ0n) is 21.1. The molecule has 180 valence electrons. The van der Waals surface area contributed by atoms with Crippen molar-refractivity contribution in [2.75, 3.05) is 0 Å². The number of imide groups is 1. The number of carbonyl (C=O) groups is 2. The van der Waals surface area contributed by atoms with E-state index >= 15 is 0 Å². The van der Waals surface area contributed by atoms with Crippen molar-refractivity contribution in [2.24, 2.45) is 0 Å². The number of rotatable bonds is 20. The first-order valence-corrected chi connectivity index (χ1v) is 13.6. The second kappa shape index (κ2) is 18.5. The van der Waals surface area contributed by atoms with Gasteiger partial charge in [0.15, 0.2) is 0 Å². The second-order valence-corrected chi connectivity index (χ2v) is 9.65. The Balaban J connectivity index is 2.36. The fourth-order valence-electron chi connectivity index (χ4n) is 4.72. The quantitative estimate of drug-likeness (QED) is 0.110. The van der Waals surface area contributed by atoms with E-state index in [0.29, 0.717) is 12.8 Å². The molecule has 0 saturated carbocycles. The summed E-state index contributed by atoms with van der Waals surface area (Å²) < 4.78 is 0. The maximum absolute atomic E-state index is 12.4. The lowest BCUT2D eigenvalue weighted by Gasteiger charge is -2.27. The van der Waals surface area contributed by atoms with E-state index in [1.165, 1.54) is 102 Å². The van der Waals surface area contributed by atoms with Crippen LogP contribution in [0.5, 0.6) is 0 Å². The molecule has 3 nitrogen and oxygen atoms in total. The summed E-state index contributed by atoms with van der Waals surface area (Å²) in [6, 6.07) is -0.00305. The zero-order valence-corrected chi connectivity index (χ0v) is 21.1. The van der Waals surface area contributed by atoms with E-state index in [1.54, 1.807) is 4.90 Å². The van der Waals surface area contributed by atoms with Crippen LogP contribution >= 0.6 is 0 Å². The van der Waals surface area contributed by atoms with Crippen LogP contribution in [0.2, 0.25) is 0 Å². The molecule has 1 atom stereocenters. The Morgan fingerprint density at radius 2 is 1.13 bits per heavy atom. The molecule has 0 N–H and O–H groups in total. The van der Waals surface area contributed by atoms with Gasteiger partial charge in [-0.25, -0.2) is 0 Å². The van der Waals surface area contributed by atoms with E-state index in [1.807, 2.05) is 0 Å². The molecular weight excluding hydrogens is 382 g/mol. The van der Waals surface area contributed by atoms with Crippen LogP contribution < -0.4 is 0 Å². The van der Waals surface area contributed by atoms with Crippen molar-refractivity contribution in [3.8, 4) is 0 Å². The Morgan fingerprint density at radius 3 is 1.61 bits per heavy atom. The summed E-state index contributed by atoms with van der Waals surface area (Å²) in [5.41, 5.74) is 1.23. The number of amides is 2. The van der Waals surface area contributed by atoms with Crippen LogP contribution in [0.15, 0.2) is 11.6 Å². The highest BCUT2D eigenvalue weighted by Gasteiger charge is 2.35. The highest BCUT2D eigenvalue weighted by molar-refractivity contribution is 6.02. The van der Waals surface area contributed by atoms with Crippen molar-refractivity contribution >= 4 is 11.8 Å². The third-order valence-electron chi connectivity index (χ3n) is 6.78. The molecule has 1 aliphatic heterocycles. The predicted octanol–water partition coefficient (Wildman–Crippen LogP) is 8.51. The van der Waals surface area contributed by atoms with Gasteiger partial charge in [-0.3, -0.25) is 14.5 Å². The van der Waals surface area contributed by atoms with Gasteiger partial charge >= 0.3 is 0 Å². The van der Waals surface area contributed by atoms with Crippen LogP contribution in [0.1, 0.15) is 149 Å². The molecule has 2 amide bonds. The first-order valence-electron chi connectivity index (χ1n) is 13.6. The molecule has 0 aromatic carbocycles. The van der Waals surface area contributed by atoms with Gasteiger partial charge in [0.1, 0.15) is 0 Å². The van der Waals surface area contributed by atoms with E-state index in [9.17, 15) is 9.59 Å². The molecule has 0 aromatic heterocycles. The average Bonchev–Trinajstić information content (AvgIpc) is 3.09. The number of likely N-dealkylation sites (tertiary alicyclic amines) is 1. The highest BCUT2D eigenvalue weighted by atomic mass is 16.2. The lowest BCUT2D eigenvalue weighted by molar-refractivity contribution is -0.140. The van der Waals surface area contributed by atoms with E-state index < -0.39 is 0 Å². The van der Waals surface area contributed by atoms with Gasteiger partial charge in [0.25, 0.3) is 0 Å². The van der Waals surface area contributed by atoms with Crippen LogP contribution in [-0.2, 0) is 9.59 Å². The first-order chi connectivity index (χ1) is 15.1. The van der Waals surface area contributed by atoms with Crippen molar-refractivity contribution in [1.29, 1.82) is 0 Å². The van der Waals surface area contributed by atoms with Gasteiger partial charge in [-0.2, -0.15) is 0 Å². The molecule has 1 aliphatic rings. The minimum Gasteiger partial charge on any atom is -0.275 e. The van der Waals surface area contributed by atoms with E-state index in [2.05, 4.69) is 26.8 Å². The molecule has 1 rings (SSSR count). The SMILES string of the molecule is CCCCCCCCCCC/C=C(\C)C(CCCCCCCCC)N1C(=O)CCC1=O. The van der Waals surface area contributed by atoms with Gasteiger partial charge < -0.3 is 0 Å². The van der Waals surface area contributed by atoms with Crippen molar-refractivity contribution in [3.05, 3.63) is 11.6 Å². The van der Waals surface area contributed by atoms with Crippen LogP contribution in [-0.4, -0.2) is 22.8 Å². The first kappa shape index (κ1) is 27.9. The Labute approximate surface area is 193 Å². The van der Waals surface area contributed by atoms with Crippen LogP contribution in [0.3, 0.4) is 0 Å². The summed E-state index contributed by atoms with van der Waals surface area (Å²) in [7, 11) is 0. The third-order valence-corrected chi connectivity index (χ3v) is 6.78. The Bertz CT molecular complexity index is 495. The Morgan fingerprint density at radius 1 is 0.710 bits per heavy atom. The fourth-order valence-corrected chi connectivity index (χ4v) is 4.72. The van der Waals surface area contributed by atoms with Crippen molar-refractivity contribution in [1.82, 2.24) is 4.90 Å². The normalized spacial score (nSPS) is 15.8. The van der Waals surface area contributed by atoms with Gasteiger partial charge in [-0.15, -0.1) is 0 Å². The van der Waals surface area contributed by atoms with E-state index in [-0.39, 0.29) is 17.9 Å². The number of hydrogen-bond donors (Lipinski definition) is 0. The number of unbranched alkanes of at least 4 members (excludes halogenated alkanes) is 15. The number of allylic oxidation sites excluding steroid dienone is 1. The summed E-state index contributed by atoms with van der Waals surface area (Å²) >= 11 is 0. The summed E-state index contributed by atoms with van der Waals surface area (Å²) in [4.78, 5) is 26.3. The zero-order chi connectivity index (χ0) is 22.7. The molecule has 1 unspecified atom stereocenters. The average molecular weight is 434 g/mol. The smallest absolute Gasteiger partial charge is 0.230 e. The molecule has 1 heterocycles. The minimum atomic E-state index is -0.00305. The maximum Gasteiger partial charge on any atom is 0.230 e. The fraction of sp³-hybridized carbons (Fsp3) is 0.857. The van der Waals surface area contributed by atoms with Gasteiger partial charge in [0.2, 0.25) is 11.8 Å². The molecule has 0 spiro atoms. The molecule has 0 radical (unpaired) electrons. The molecule has 0 aliphatic carbocycles. The molecule has 1 fully saturated rings. The molecule has 0 bridgehead atoms. The second-order valence-electron chi connectivity index (χ2n) is 9.65. The molecule has 3 heteroatoms. The largest absolute Gasteiger partial charge is 0.275 e. The topological polar surface area (TPSA) is 37.4 Å². The van der Waals surface area contributed by atoms with E-state index in [4.69, 9.17) is 0 Å². The van der Waals surface area contributed by atoms with Crippen LogP contribution in [0.25, 0.3) is 0 Å². The standard InChI is InChI=1S/C28H51NO2/c1-4-6-8-10-12-13-14-16-17-19-21-25(3)26(29-27(30)23-24-28(29)31)22-20-18-15-11-9-7-5-2/h21,26H,4-20,22-24H2,1-3H3/b25-21+. The van der Waals surface area contributed by atoms with Gasteiger partial charge in [0.05, 0.1) is 6.04 Å². The summed E-state index contributed by atoms with van der Waals surface area (Å²) in [5.74, 6) is 0.0718. The molecular formula is C28H51NO2. The van der Waals surface area contributed by atoms with Crippen molar-refractivity contribution in [2.45, 2.75) is 155 Å². The monoisotopic (exact) mass is 433 g/mol. The number of carbonyl (C=O) groups excluding carboxylic acids is 2. The van der Waals surface area contributed by atoms with Gasteiger partial charge in [0, 0.05) is 12.8 Å². The molecule has 1 saturated heterocycles. The number of hydrogen-bond acceptors (Lipinski definition) is 2. The molecule has 0 aromatic rings. The number of nitrogens with zero attached hydrogens (tertiary/aromatic N) is 1. The highest BCUT2D eigenvalue weighted by Crippen LogP contribution is 2.25. The van der Waals surface area contributed by atoms with Gasteiger partial charge in [-0.05, 0) is 26.2 Å². The Hall–Kier alpha value is -1.12. The van der Waals surface area contributed by atoms with Crippen LogP contribution in [0, 0.1) is 0 Å². The van der Waals surface area contributed by atoms with Crippen molar-refractivity contribution < 1.29 is 9.59 Å². The van der Waals surface area contributed by atoms with Gasteiger partial charge in [-0.1, -0.05) is 122 Å². The third kappa shape index (κ3) is 12.5. The predicted molar refractivity (Wildman–Crippen MR) is 133 cm³/mol. The minimum absolute atomic E-state index is 0.00305. The summed E-state index contributed by atoms with van der Waals surface area (Å²) in [6.45, 7) is 6.65. The molecule has 31 heavy (non-hydrogen) atoms. The van der Waals surface area contributed by atoms with E-state index in [0.717, 1.165) is 19.3 Å². The lowest BCUT2D eigenvalue weighted by Crippen LogP contribution is -2.40. The van der Waals surface area contributed by atoms with Crippen molar-refractivity contribution in [3.63, 3.8) is 0 Å².